The first-order valence-corrected chi connectivity index (χ1v) is 4.19. The molecule has 1 atom stereocenters. The van der Waals surface area contributed by atoms with Crippen LogP contribution in [0.3, 0.4) is 0 Å². The molecule has 2 nitrogen and oxygen atoms in total. The highest BCUT2D eigenvalue weighted by Gasteiger charge is 2.33. The Kier molecular flexibility index (Phi) is 3.02. The molecule has 0 amide bonds. The zero-order chi connectivity index (χ0) is 11.6. The van der Waals surface area contributed by atoms with Gasteiger partial charge in [0.1, 0.15) is 5.76 Å². The molecule has 1 unspecified atom stereocenters. The second-order valence-corrected chi connectivity index (χ2v) is 3.07. The molecule has 0 aliphatic heterocycles. The Morgan fingerprint density at radius 1 is 1.47 bits per heavy atom. The minimum atomic E-state index is -4.78. The maximum absolute atomic E-state index is 11.9. The molecule has 0 aromatic carbocycles. The van der Waals surface area contributed by atoms with Gasteiger partial charge in [-0.1, -0.05) is 19.6 Å². The van der Waals surface area contributed by atoms with Crippen molar-refractivity contribution < 1.29 is 22.7 Å². The van der Waals surface area contributed by atoms with Crippen molar-refractivity contribution in [3.05, 3.63) is 36.1 Å². The van der Waals surface area contributed by atoms with Gasteiger partial charge in [0.15, 0.2) is 5.78 Å². The number of halogens is 3. The molecule has 15 heavy (non-hydrogen) atoms. The lowest BCUT2D eigenvalue weighted by atomic mass is 9.91. The molecule has 0 fully saturated rings. The topological polar surface area (TPSA) is 26.3 Å². The fraction of sp³-hybridized carbons (Fsp3) is 0.300. The number of allylic oxidation sites excluding steroid dienone is 4. The van der Waals surface area contributed by atoms with E-state index in [1.54, 1.807) is 6.92 Å². The van der Waals surface area contributed by atoms with Crippen molar-refractivity contribution in [2.45, 2.75) is 13.3 Å². The maximum Gasteiger partial charge on any atom is 0.573 e. The minimum absolute atomic E-state index is 0.418. The van der Waals surface area contributed by atoms with Gasteiger partial charge in [-0.05, 0) is 11.6 Å². The van der Waals surface area contributed by atoms with Crippen LogP contribution in [0.1, 0.15) is 6.92 Å². The van der Waals surface area contributed by atoms with Crippen molar-refractivity contribution in [1.29, 1.82) is 0 Å². The molecule has 0 radical (unpaired) electrons. The van der Waals surface area contributed by atoms with Gasteiger partial charge in [0.05, 0.1) is 0 Å². The zero-order valence-corrected chi connectivity index (χ0v) is 7.97. The van der Waals surface area contributed by atoms with Crippen LogP contribution in [0.2, 0.25) is 0 Å². The van der Waals surface area contributed by atoms with Gasteiger partial charge in [0.25, 0.3) is 0 Å². The predicted octanol–water partition coefficient (Wildman–Crippen LogP) is 2.74. The Balaban J connectivity index is 2.93. The Labute approximate surface area is 84.7 Å². The Morgan fingerprint density at radius 2 is 2.07 bits per heavy atom. The third-order valence-corrected chi connectivity index (χ3v) is 1.99. The second kappa shape index (κ2) is 3.92. The van der Waals surface area contributed by atoms with E-state index in [1.165, 1.54) is 6.08 Å². The molecular weight excluding hydrogens is 209 g/mol. The van der Waals surface area contributed by atoms with E-state index < -0.39 is 23.8 Å². The monoisotopic (exact) mass is 218 g/mol. The van der Waals surface area contributed by atoms with Crippen LogP contribution in [0, 0.1) is 5.92 Å². The second-order valence-electron chi connectivity index (χ2n) is 3.07. The Bertz CT molecular complexity index is 350. The molecule has 82 valence electrons. The minimum Gasteiger partial charge on any atom is -0.406 e. The number of ether oxygens (including phenoxy) is 1. The van der Waals surface area contributed by atoms with Gasteiger partial charge in [-0.25, -0.2) is 0 Å². The largest absolute Gasteiger partial charge is 0.573 e. The molecule has 0 heterocycles. The summed E-state index contributed by atoms with van der Waals surface area (Å²) in [6.07, 6.45) is -1.44. The third kappa shape index (κ3) is 2.97. The average molecular weight is 218 g/mol. The summed E-state index contributed by atoms with van der Waals surface area (Å²) in [7, 11) is 0. The van der Waals surface area contributed by atoms with Gasteiger partial charge in [0, 0.05) is 12.0 Å². The quantitative estimate of drug-likeness (QED) is 0.712. The van der Waals surface area contributed by atoms with Crippen LogP contribution in [-0.4, -0.2) is 12.1 Å². The lowest BCUT2D eigenvalue weighted by Crippen LogP contribution is -2.19. The summed E-state index contributed by atoms with van der Waals surface area (Å²) in [5, 5.41) is 0. The summed E-state index contributed by atoms with van der Waals surface area (Å²) in [6, 6.07) is 0. The van der Waals surface area contributed by atoms with E-state index in [4.69, 9.17) is 0 Å². The van der Waals surface area contributed by atoms with E-state index in [1.807, 2.05) is 0 Å². The van der Waals surface area contributed by atoms with Crippen molar-refractivity contribution in [1.82, 2.24) is 0 Å². The van der Waals surface area contributed by atoms with Crippen LogP contribution in [0.4, 0.5) is 13.2 Å². The molecule has 0 bridgehead atoms. The van der Waals surface area contributed by atoms with Crippen molar-refractivity contribution in [3.8, 4) is 0 Å². The Morgan fingerprint density at radius 3 is 2.53 bits per heavy atom. The normalized spacial score (nSPS) is 21.9. The van der Waals surface area contributed by atoms with Gasteiger partial charge in [0.2, 0.25) is 0 Å². The number of alkyl halides is 3. The number of carbonyl (C=O) groups is 1. The third-order valence-electron chi connectivity index (χ3n) is 1.99. The first kappa shape index (κ1) is 11.6. The molecular formula is C10H9F3O2. The maximum atomic E-state index is 11.9. The van der Waals surface area contributed by atoms with E-state index >= 15 is 0 Å². The number of rotatable bonds is 2. The van der Waals surface area contributed by atoms with Crippen LogP contribution >= 0.6 is 0 Å². The molecule has 1 aliphatic rings. The smallest absolute Gasteiger partial charge is 0.406 e. The Hall–Kier alpha value is -1.52. The van der Waals surface area contributed by atoms with Gasteiger partial charge >= 0.3 is 6.36 Å². The van der Waals surface area contributed by atoms with Crippen LogP contribution in [0.15, 0.2) is 36.1 Å². The molecule has 1 aliphatic carbocycles. The molecule has 0 aromatic heterocycles. The van der Waals surface area contributed by atoms with Crippen LogP contribution in [0.5, 0.6) is 0 Å². The van der Waals surface area contributed by atoms with Crippen LogP contribution in [-0.2, 0) is 9.53 Å². The first-order chi connectivity index (χ1) is 6.83. The van der Waals surface area contributed by atoms with Crippen molar-refractivity contribution in [3.63, 3.8) is 0 Å². The number of carbonyl (C=O) groups excluding carboxylic acids is 1. The lowest BCUT2D eigenvalue weighted by molar-refractivity contribution is -0.303. The summed E-state index contributed by atoms with van der Waals surface area (Å²) in [5.74, 6) is -1.39. The molecule has 0 spiro atoms. The van der Waals surface area contributed by atoms with Crippen molar-refractivity contribution in [2.75, 3.05) is 0 Å². The van der Waals surface area contributed by atoms with Crippen molar-refractivity contribution in [2.24, 2.45) is 5.92 Å². The van der Waals surface area contributed by atoms with Gasteiger partial charge < -0.3 is 4.74 Å². The molecule has 0 saturated carbocycles. The summed E-state index contributed by atoms with van der Waals surface area (Å²) in [4.78, 5) is 11.2. The number of hydrogen-bond donors (Lipinski definition) is 0. The van der Waals surface area contributed by atoms with Gasteiger partial charge in [-0.3, -0.25) is 4.79 Å². The SMILES string of the molecule is C=CC1=CC(OC(F)(F)F)=CC(=O)C1C. The summed E-state index contributed by atoms with van der Waals surface area (Å²) in [5.41, 5.74) is 0.418. The van der Waals surface area contributed by atoms with Crippen molar-refractivity contribution >= 4 is 5.78 Å². The summed E-state index contributed by atoms with van der Waals surface area (Å²) in [6.45, 7) is 5.01. The van der Waals surface area contributed by atoms with Crippen LogP contribution < -0.4 is 0 Å². The standard InChI is InChI=1S/C10H9F3O2/c1-3-7-4-8(15-10(11,12)13)5-9(14)6(7)2/h3-6H,1H2,2H3. The van der Waals surface area contributed by atoms with Crippen LogP contribution in [0.25, 0.3) is 0 Å². The summed E-state index contributed by atoms with van der Waals surface area (Å²) >= 11 is 0. The average Bonchev–Trinajstić information content (AvgIpc) is 2.08. The number of hydrogen-bond acceptors (Lipinski definition) is 2. The lowest BCUT2D eigenvalue weighted by Gasteiger charge is -2.17. The molecule has 1 rings (SSSR count). The molecule has 0 saturated heterocycles. The number of ketones is 1. The van der Waals surface area contributed by atoms with E-state index in [9.17, 15) is 18.0 Å². The highest BCUT2D eigenvalue weighted by atomic mass is 19.4. The molecule has 0 N–H and O–H groups in total. The molecule has 5 heteroatoms. The van der Waals surface area contributed by atoms with E-state index in [0.29, 0.717) is 5.57 Å². The highest BCUT2D eigenvalue weighted by Crippen LogP contribution is 2.27. The fourth-order valence-corrected chi connectivity index (χ4v) is 1.19. The van der Waals surface area contributed by atoms with Gasteiger partial charge in [-0.15, -0.1) is 13.2 Å². The zero-order valence-electron chi connectivity index (χ0n) is 7.97. The fourth-order valence-electron chi connectivity index (χ4n) is 1.19. The summed E-state index contributed by atoms with van der Waals surface area (Å²) < 4.78 is 39.2. The van der Waals surface area contributed by atoms with E-state index in [0.717, 1.165) is 12.2 Å². The first-order valence-electron chi connectivity index (χ1n) is 4.19. The predicted molar refractivity (Wildman–Crippen MR) is 47.7 cm³/mol. The van der Waals surface area contributed by atoms with E-state index in [2.05, 4.69) is 11.3 Å². The van der Waals surface area contributed by atoms with Gasteiger partial charge in [-0.2, -0.15) is 0 Å². The highest BCUT2D eigenvalue weighted by molar-refractivity contribution is 5.96. The molecule has 0 aromatic rings. The van der Waals surface area contributed by atoms with E-state index in [-0.39, 0.29) is 0 Å².